The van der Waals surface area contributed by atoms with Crippen molar-refractivity contribution < 1.29 is 14.7 Å². The van der Waals surface area contributed by atoms with Crippen molar-refractivity contribution in [1.29, 1.82) is 0 Å². The highest BCUT2D eigenvalue weighted by Gasteiger charge is 2.26. The fourth-order valence-electron chi connectivity index (χ4n) is 5.31. The number of benzene rings is 2. The van der Waals surface area contributed by atoms with E-state index >= 15 is 0 Å². The number of piperidine rings is 1. The van der Waals surface area contributed by atoms with E-state index < -0.39 is 5.97 Å². The van der Waals surface area contributed by atoms with Gasteiger partial charge < -0.3 is 15.3 Å². The number of pyridine rings is 1. The zero-order valence-corrected chi connectivity index (χ0v) is 24.5. The second-order valence-corrected chi connectivity index (χ2v) is 11.4. The Kier molecular flexibility index (Phi) is 8.23. The number of carboxylic acid groups (broad SMARTS) is 1. The zero-order valence-electron chi connectivity index (χ0n) is 23.7. The Morgan fingerprint density at radius 1 is 1.00 bits per heavy atom. The molecular formula is C32H31N7O3S. The number of aliphatic carboxylic acids is 1. The summed E-state index contributed by atoms with van der Waals surface area (Å²) in [6, 6.07) is 19.7. The number of hydrogen-bond donors (Lipinski definition) is 3. The van der Waals surface area contributed by atoms with Crippen molar-refractivity contribution in [3.63, 3.8) is 0 Å². The van der Waals surface area contributed by atoms with Gasteiger partial charge in [-0.1, -0.05) is 47.7 Å². The summed E-state index contributed by atoms with van der Waals surface area (Å²) in [5.74, 6) is -0.473. The summed E-state index contributed by atoms with van der Waals surface area (Å²) in [6.45, 7) is 3.56. The van der Waals surface area contributed by atoms with Crippen molar-refractivity contribution in [2.45, 2.75) is 26.2 Å². The van der Waals surface area contributed by atoms with Crippen LogP contribution in [0.3, 0.4) is 0 Å². The Morgan fingerprint density at radius 3 is 2.51 bits per heavy atom. The van der Waals surface area contributed by atoms with Crippen LogP contribution in [0.1, 0.15) is 31.0 Å². The van der Waals surface area contributed by atoms with Gasteiger partial charge in [-0.05, 0) is 55.2 Å². The third-order valence-corrected chi connectivity index (χ3v) is 8.52. The van der Waals surface area contributed by atoms with Gasteiger partial charge in [0.25, 0.3) is 0 Å². The number of hydrogen-bond acceptors (Lipinski definition) is 8. The Hall–Kier alpha value is -4.90. The van der Waals surface area contributed by atoms with E-state index in [1.54, 1.807) is 6.20 Å². The van der Waals surface area contributed by atoms with Gasteiger partial charge in [0.05, 0.1) is 27.5 Å². The summed E-state index contributed by atoms with van der Waals surface area (Å²) in [5.41, 5.74) is 6.18. The molecule has 1 aliphatic heterocycles. The molecule has 11 heteroatoms. The molecule has 2 amide bonds. The van der Waals surface area contributed by atoms with Crippen molar-refractivity contribution in [3.8, 4) is 22.4 Å². The average Bonchev–Trinajstić information content (AvgIpc) is 3.44. The minimum atomic E-state index is -0.744. The number of aromatic nitrogens is 4. The van der Waals surface area contributed by atoms with Crippen LogP contribution in [-0.4, -0.2) is 56.7 Å². The molecule has 3 aromatic heterocycles. The molecule has 218 valence electrons. The van der Waals surface area contributed by atoms with Crippen LogP contribution >= 0.6 is 11.3 Å². The lowest BCUT2D eigenvalue weighted by Gasteiger charge is -2.30. The fraction of sp³-hybridized carbons (Fsp3) is 0.250. The molecule has 0 bridgehead atoms. The highest BCUT2D eigenvalue weighted by atomic mass is 32.1. The molecule has 0 radical (unpaired) electrons. The highest BCUT2D eigenvalue weighted by molar-refractivity contribution is 7.22. The van der Waals surface area contributed by atoms with E-state index in [9.17, 15) is 14.7 Å². The van der Waals surface area contributed by atoms with Crippen molar-refractivity contribution in [2.75, 3.05) is 29.9 Å². The molecule has 0 atom stereocenters. The minimum Gasteiger partial charge on any atom is -0.481 e. The van der Waals surface area contributed by atoms with E-state index in [1.807, 2.05) is 55.6 Å². The summed E-state index contributed by atoms with van der Waals surface area (Å²) in [4.78, 5) is 45.0. The number of thiazole rings is 1. The van der Waals surface area contributed by atoms with Gasteiger partial charge in [-0.15, -0.1) is 0 Å². The quantitative estimate of drug-likeness (QED) is 0.204. The summed E-state index contributed by atoms with van der Waals surface area (Å²) < 4.78 is 0.915. The lowest BCUT2D eigenvalue weighted by Crippen LogP contribution is -2.37. The Morgan fingerprint density at radius 2 is 1.79 bits per heavy atom. The molecule has 1 fully saturated rings. The number of anilines is 2. The van der Waals surface area contributed by atoms with Crippen molar-refractivity contribution >= 4 is 44.6 Å². The molecule has 10 nitrogen and oxygen atoms in total. The third-order valence-electron chi connectivity index (χ3n) is 7.50. The van der Waals surface area contributed by atoms with Gasteiger partial charge >= 0.3 is 12.0 Å². The van der Waals surface area contributed by atoms with Crippen LogP contribution in [0.5, 0.6) is 0 Å². The molecule has 5 aromatic rings. The molecule has 43 heavy (non-hydrogen) atoms. The number of carbonyl (C=O) groups excluding carboxylic acids is 1. The maximum atomic E-state index is 12.2. The average molecular weight is 594 g/mol. The van der Waals surface area contributed by atoms with Crippen molar-refractivity contribution in [1.82, 2.24) is 25.3 Å². The summed E-state index contributed by atoms with van der Waals surface area (Å²) in [7, 11) is 0. The van der Waals surface area contributed by atoms with E-state index in [0.717, 1.165) is 43.9 Å². The zero-order chi connectivity index (χ0) is 29.8. The first-order valence-electron chi connectivity index (χ1n) is 14.3. The van der Waals surface area contributed by atoms with Crippen LogP contribution in [-0.2, 0) is 11.2 Å². The van der Waals surface area contributed by atoms with Gasteiger partial charge in [-0.25, -0.2) is 19.7 Å². The number of carboxylic acids is 1. The molecular weight excluding hydrogens is 562 g/mol. The van der Waals surface area contributed by atoms with Gasteiger partial charge in [0.2, 0.25) is 5.95 Å². The Balaban J connectivity index is 1.44. The van der Waals surface area contributed by atoms with Crippen LogP contribution in [0.25, 0.3) is 32.6 Å². The highest BCUT2D eigenvalue weighted by Crippen LogP contribution is 2.39. The van der Waals surface area contributed by atoms with Crippen LogP contribution in [0.15, 0.2) is 73.1 Å². The van der Waals surface area contributed by atoms with Crippen LogP contribution in [0, 0.1) is 5.92 Å². The summed E-state index contributed by atoms with van der Waals surface area (Å²) >= 11 is 1.40. The van der Waals surface area contributed by atoms with Gasteiger partial charge in [-0.2, -0.15) is 0 Å². The third kappa shape index (κ3) is 6.31. The van der Waals surface area contributed by atoms with E-state index in [-0.39, 0.29) is 11.9 Å². The number of rotatable bonds is 8. The smallest absolute Gasteiger partial charge is 0.321 e. The summed E-state index contributed by atoms with van der Waals surface area (Å²) in [6.07, 6.45) is 5.34. The molecule has 6 rings (SSSR count). The number of urea groups is 1. The van der Waals surface area contributed by atoms with E-state index in [0.29, 0.717) is 50.0 Å². The van der Waals surface area contributed by atoms with Crippen LogP contribution < -0.4 is 15.5 Å². The maximum absolute atomic E-state index is 12.2. The fourth-order valence-corrected chi connectivity index (χ4v) is 6.27. The molecule has 0 aliphatic carbocycles. The predicted molar refractivity (Wildman–Crippen MR) is 168 cm³/mol. The molecule has 1 aliphatic rings. The number of nitrogens with zero attached hydrogens (tertiary/aromatic N) is 5. The molecule has 3 N–H and O–H groups in total. The molecule has 2 aromatic carbocycles. The number of nitrogens with one attached hydrogen (secondary N) is 2. The van der Waals surface area contributed by atoms with Gasteiger partial charge in [-0.3, -0.25) is 15.1 Å². The second kappa shape index (κ2) is 12.5. The number of carbonyl (C=O) groups is 2. The number of fused-ring (bicyclic) bond motifs is 1. The van der Waals surface area contributed by atoms with Crippen LogP contribution in [0.2, 0.25) is 0 Å². The molecule has 0 spiro atoms. The first kappa shape index (κ1) is 28.2. The first-order valence-corrected chi connectivity index (χ1v) is 15.1. The Bertz CT molecular complexity index is 1750. The van der Waals surface area contributed by atoms with Gasteiger partial charge in [0, 0.05) is 49.6 Å². The minimum absolute atomic E-state index is 0.303. The molecule has 1 saturated heterocycles. The van der Waals surface area contributed by atoms with Crippen molar-refractivity contribution in [3.05, 3.63) is 84.3 Å². The van der Waals surface area contributed by atoms with Gasteiger partial charge in [0.15, 0.2) is 5.13 Å². The largest absolute Gasteiger partial charge is 0.481 e. The van der Waals surface area contributed by atoms with E-state index in [4.69, 9.17) is 15.0 Å². The van der Waals surface area contributed by atoms with E-state index in [1.165, 1.54) is 11.3 Å². The van der Waals surface area contributed by atoms with Crippen LogP contribution in [0.4, 0.5) is 15.9 Å². The summed E-state index contributed by atoms with van der Waals surface area (Å²) in [5, 5.41) is 15.5. The monoisotopic (exact) mass is 593 g/mol. The van der Waals surface area contributed by atoms with Crippen molar-refractivity contribution in [2.24, 2.45) is 5.92 Å². The first-order chi connectivity index (χ1) is 21.0. The van der Waals surface area contributed by atoms with E-state index in [2.05, 4.69) is 38.7 Å². The second-order valence-electron chi connectivity index (χ2n) is 10.4. The predicted octanol–water partition coefficient (Wildman–Crippen LogP) is 5.85. The molecule has 0 saturated carbocycles. The normalized spacial score (nSPS) is 13.7. The topological polar surface area (TPSA) is 133 Å². The Labute approximate surface area is 252 Å². The standard InChI is InChI=1S/C32H31N7O3S/c1-2-33-31(42)38-32-37-27-18-22(17-23(28(27)43-32)25-10-6-7-13-34-25)24-19-35-30(39-14-11-21(12-15-39)29(40)41)36-26(24)16-20-8-4-3-5-9-20/h3-10,13,17-19,21H,2,11-12,14-16H2,1H3,(H,40,41)(H2,33,37,38,42). The SMILES string of the molecule is CCNC(=O)Nc1nc2cc(-c3cnc(N4CCC(C(=O)O)CC4)nc3Cc3ccccc3)cc(-c3ccccn3)c2s1. The molecule has 4 heterocycles. The maximum Gasteiger partial charge on any atom is 0.321 e. The van der Waals surface area contributed by atoms with Gasteiger partial charge in [0.1, 0.15) is 0 Å². The molecule has 0 unspecified atom stereocenters. The lowest BCUT2D eigenvalue weighted by molar-refractivity contribution is -0.142. The number of amides is 2. The lowest BCUT2D eigenvalue weighted by atomic mass is 9.97.